The van der Waals surface area contributed by atoms with Crippen molar-refractivity contribution in [3.63, 3.8) is 0 Å². The van der Waals surface area contributed by atoms with Crippen LogP contribution in [-0.4, -0.2) is 37.7 Å². The molecule has 1 fully saturated rings. The highest BCUT2D eigenvalue weighted by molar-refractivity contribution is 5.48. The van der Waals surface area contributed by atoms with Crippen molar-refractivity contribution in [2.45, 2.75) is 38.1 Å². The predicted octanol–water partition coefficient (Wildman–Crippen LogP) is 3.27. The van der Waals surface area contributed by atoms with Crippen LogP contribution in [-0.2, 0) is 0 Å². The second-order valence-corrected chi connectivity index (χ2v) is 5.65. The van der Waals surface area contributed by atoms with Crippen LogP contribution in [0.1, 0.15) is 32.1 Å². The monoisotopic (exact) mass is 287 g/mol. The third kappa shape index (κ3) is 5.28. The Morgan fingerprint density at radius 1 is 1.43 bits per heavy atom. The molecular weight excluding hydrogens is 262 g/mol. The molecule has 1 saturated heterocycles. The molecule has 1 aromatic carbocycles. The van der Waals surface area contributed by atoms with Gasteiger partial charge in [-0.2, -0.15) is 5.26 Å². The Labute approximate surface area is 127 Å². The lowest BCUT2D eigenvalue weighted by Gasteiger charge is -2.32. The summed E-state index contributed by atoms with van der Waals surface area (Å²) in [5, 5.41) is 12.0. The lowest BCUT2D eigenvalue weighted by molar-refractivity contribution is 0.194. The molecule has 0 spiro atoms. The normalized spacial score (nSPS) is 19.0. The summed E-state index contributed by atoms with van der Waals surface area (Å²) >= 11 is 0. The molecule has 0 aromatic heterocycles. The first kappa shape index (κ1) is 15.7. The van der Waals surface area contributed by atoms with Gasteiger partial charge in [-0.05, 0) is 45.0 Å². The molecule has 1 aliphatic rings. The van der Waals surface area contributed by atoms with E-state index < -0.39 is 0 Å². The number of likely N-dealkylation sites (N-methyl/N-ethyl adjacent to an activating group) is 1. The summed E-state index contributed by atoms with van der Waals surface area (Å²) in [5.74, 6) is 0.870. The maximum atomic E-state index is 8.50. The number of rotatable bonds is 7. The van der Waals surface area contributed by atoms with Crippen LogP contribution in [0.5, 0.6) is 5.75 Å². The van der Waals surface area contributed by atoms with Gasteiger partial charge in [0.2, 0.25) is 0 Å². The third-order valence-corrected chi connectivity index (χ3v) is 4.00. The highest BCUT2D eigenvalue weighted by Crippen LogP contribution is 2.20. The van der Waals surface area contributed by atoms with E-state index in [4.69, 9.17) is 10.00 Å². The molecule has 1 unspecified atom stereocenters. The Kier molecular flexibility index (Phi) is 6.36. The number of anilines is 1. The minimum absolute atomic E-state index is 0.548. The van der Waals surface area contributed by atoms with Crippen LogP contribution in [0.15, 0.2) is 24.3 Å². The zero-order valence-corrected chi connectivity index (χ0v) is 12.8. The number of hydrogen-bond acceptors (Lipinski definition) is 4. The molecule has 0 bridgehead atoms. The molecule has 2 rings (SSSR count). The lowest BCUT2D eigenvalue weighted by Crippen LogP contribution is -2.40. The number of nitrogens with one attached hydrogen (secondary N) is 1. The molecule has 114 valence electrons. The van der Waals surface area contributed by atoms with Crippen LogP contribution in [0, 0.1) is 11.3 Å². The molecule has 21 heavy (non-hydrogen) atoms. The van der Waals surface area contributed by atoms with Crippen LogP contribution in [0.25, 0.3) is 0 Å². The SMILES string of the molecule is CN1CCCCC1CNc1cccc(OCCCC#N)c1. The molecule has 0 aliphatic carbocycles. The van der Waals surface area contributed by atoms with E-state index in [9.17, 15) is 0 Å². The Balaban J connectivity index is 1.79. The predicted molar refractivity (Wildman–Crippen MR) is 85.5 cm³/mol. The summed E-state index contributed by atoms with van der Waals surface area (Å²) in [5.41, 5.74) is 1.10. The summed E-state index contributed by atoms with van der Waals surface area (Å²) in [4.78, 5) is 2.44. The van der Waals surface area contributed by atoms with E-state index in [-0.39, 0.29) is 0 Å². The second-order valence-electron chi connectivity index (χ2n) is 5.65. The van der Waals surface area contributed by atoms with Crippen LogP contribution >= 0.6 is 0 Å². The molecule has 0 amide bonds. The van der Waals surface area contributed by atoms with E-state index in [1.165, 1.54) is 25.8 Å². The number of nitriles is 1. The van der Waals surface area contributed by atoms with E-state index in [2.05, 4.69) is 29.4 Å². The fraction of sp³-hybridized carbons (Fsp3) is 0.588. The Hall–Kier alpha value is -1.73. The number of hydrogen-bond donors (Lipinski definition) is 1. The van der Waals surface area contributed by atoms with Crippen molar-refractivity contribution in [3.05, 3.63) is 24.3 Å². The summed E-state index contributed by atoms with van der Waals surface area (Å²) < 4.78 is 5.66. The minimum Gasteiger partial charge on any atom is -0.493 e. The first-order valence-electron chi connectivity index (χ1n) is 7.83. The van der Waals surface area contributed by atoms with Crippen LogP contribution in [0.4, 0.5) is 5.69 Å². The van der Waals surface area contributed by atoms with Gasteiger partial charge in [0.1, 0.15) is 5.75 Å². The van der Waals surface area contributed by atoms with Gasteiger partial charge in [-0.15, -0.1) is 0 Å². The first-order chi connectivity index (χ1) is 10.3. The van der Waals surface area contributed by atoms with Crippen molar-refractivity contribution in [2.75, 3.05) is 32.1 Å². The lowest BCUT2D eigenvalue weighted by atomic mass is 10.0. The molecule has 1 aliphatic heterocycles. The number of benzene rings is 1. The Morgan fingerprint density at radius 2 is 2.33 bits per heavy atom. The van der Waals surface area contributed by atoms with Gasteiger partial charge in [-0.1, -0.05) is 12.5 Å². The average molecular weight is 287 g/mol. The van der Waals surface area contributed by atoms with Gasteiger partial charge in [0, 0.05) is 30.8 Å². The molecule has 4 heteroatoms. The Bertz CT molecular complexity index is 469. The maximum absolute atomic E-state index is 8.50. The van der Waals surface area contributed by atoms with Gasteiger partial charge in [-0.3, -0.25) is 0 Å². The van der Waals surface area contributed by atoms with E-state index >= 15 is 0 Å². The van der Waals surface area contributed by atoms with Crippen LogP contribution in [0.2, 0.25) is 0 Å². The standard InChI is InChI=1S/C17H25N3O/c1-20-11-4-2-8-16(20)14-19-15-7-6-9-17(13-15)21-12-5-3-10-18/h6-7,9,13,16,19H,2-5,8,11-12,14H2,1H3. The molecule has 1 aromatic rings. The van der Waals surface area contributed by atoms with Crippen LogP contribution in [0.3, 0.4) is 0 Å². The largest absolute Gasteiger partial charge is 0.493 e. The third-order valence-electron chi connectivity index (χ3n) is 4.00. The number of likely N-dealkylation sites (tertiary alicyclic amines) is 1. The highest BCUT2D eigenvalue weighted by atomic mass is 16.5. The number of piperidine rings is 1. The zero-order valence-electron chi connectivity index (χ0n) is 12.8. The number of ether oxygens (including phenoxy) is 1. The first-order valence-corrected chi connectivity index (χ1v) is 7.83. The van der Waals surface area contributed by atoms with E-state index in [1.807, 2.05) is 18.2 Å². The number of nitrogens with zero attached hydrogens (tertiary/aromatic N) is 2. The fourth-order valence-electron chi connectivity index (χ4n) is 2.67. The topological polar surface area (TPSA) is 48.3 Å². The highest BCUT2D eigenvalue weighted by Gasteiger charge is 2.18. The van der Waals surface area contributed by atoms with Crippen molar-refractivity contribution in [3.8, 4) is 11.8 Å². The van der Waals surface area contributed by atoms with Gasteiger partial charge in [0.25, 0.3) is 0 Å². The van der Waals surface area contributed by atoms with Crippen molar-refractivity contribution >= 4 is 5.69 Å². The van der Waals surface area contributed by atoms with Gasteiger partial charge < -0.3 is 15.0 Å². The Morgan fingerprint density at radius 3 is 3.14 bits per heavy atom. The minimum atomic E-state index is 0.548. The molecule has 0 radical (unpaired) electrons. The fourth-order valence-corrected chi connectivity index (χ4v) is 2.67. The van der Waals surface area contributed by atoms with E-state index in [0.717, 1.165) is 24.4 Å². The van der Waals surface area contributed by atoms with Crippen molar-refractivity contribution in [1.29, 1.82) is 5.26 Å². The van der Waals surface area contributed by atoms with Gasteiger partial charge >= 0.3 is 0 Å². The number of unbranched alkanes of at least 4 members (excludes halogenated alkanes) is 1. The van der Waals surface area contributed by atoms with E-state index in [0.29, 0.717) is 19.1 Å². The molecule has 1 N–H and O–H groups in total. The quantitative estimate of drug-likeness (QED) is 0.782. The van der Waals surface area contributed by atoms with Crippen LogP contribution < -0.4 is 10.1 Å². The van der Waals surface area contributed by atoms with Crippen molar-refractivity contribution in [2.24, 2.45) is 0 Å². The molecule has 4 nitrogen and oxygen atoms in total. The summed E-state index contributed by atoms with van der Waals surface area (Å²) in [6, 6.07) is 10.8. The molecule has 0 saturated carbocycles. The van der Waals surface area contributed by atoms with Gasteiger partial charge in [-0.25, -0.2) is 0 Å². The summed E-state index contributed by atoms with van der Waals surface area (Å²) in [6.45, 7) is 2.78. The smallest absolute Gasteiger partial charge is 0.121 e. The maximum Gasteiger partial charge on any atom is 0.121 e. The summed E-state index contributed by atoms with van der Waals surface area (Å²) in [6.07, 6.45) is 5.25. The van der Waals surface area contributed by atoms with Gasteiger partial charge in [0.05, 0.1) is 12.7 Å². The average Bonchev–Trinajstić information content (AvgIpc) is 2.51. The van der Waals surface area contributed by atoms with E-state index in [1.54, 1.807) is 0 Å². The van der Waals surface area contributed by atoms with Gasteiger partial charge in [0.15, 0.2) is 0 Å². The zero-order chi connectivity index (χ0) is 14.9. The molecule has 1 atom stereocenters. The molecule has 1 heterocycles. The summed E-state index contributed by atoms with van der Waals surface area (Å²) in [7, 11) is 2.21. The van der Waals surface area contributed by atoms with Crippen molar-refractivity contribution in [1.82, 2.24) is 4.90 Å². The second kappa shape index (κ2) is 8.53. The molecular formula is C17H25N3O. The van der Waals surface area contributed by atoms with Crippen molar-refractivity contribution < 1.29 is 4.74 Å².